The van der Waals surface area contributed by atoms with Crippen molar-refractivity contribution in [2.75, 3.05) is 13.7 Å². The molecule has 1 unspecified atom stereocenters. The number of hydrogen-bond donors (Lipinski definition) is 2. The van der Waals surface area contributed by atoms with E-state index in [-0.39, 0.29) is 18.9 Å². The summed E-state index contributed by atoms with van der Waals surface area (Å²) in [5, 5.41) is 12.1. The standard InChI is InChI=1S/C26H32N2O5/c1-6-21(24(30)31)28(5)23(29)22(26(2,3)4)27-25(32)33-15-20-18-13-9-7-11-16(18)17-12-8-10-14-19(17)20/h7-14,20-22H,6,15H2,1-5H3,(H,27,32)(H,30,31)/t21?,22-/m0/s1. The van der Waals surface area contributed by atoms with Gasteiger partial charge in [0, 0.05) is 13.0 Å². The number of nitrogens with one attached hydrogen (secondary N) is 1. The number of nitrogens with zero attached hydrogens (tertiary/aromatic N) is 1. The Kier molecular flexibility index (Phi) is 7.10. The second kappa shape index (κ2) is 9.65. The number of ether oxygens (including phenoxy) is 1. The minimum absolute atomic E-state index is 0.0916. The van der Waals surface area contributed by atoms with Crippen LogP contribution in [-0.4, -0.2) is 53.7 Å². The quantitative estimate of drug-likeness (QED) is 0.654. The molecule has 0 saturated heterocycles. The van der Waals surface area contributed by atoms with Crippen LogP contribution >= 0.6 is 0 Å². The molecule has 33 heavy (non-hydrogen) atoms. The van der Waals surface area contributed by atoms with Gasteiger partial charge in [-0.2, -0.15) is 0 Å². The third-order valence-electron chi connectivity index (χ3n) is 6.21. The molecule has 3 rings (SSSR count). The van der Waals surface area contributed by atoms with Crippen LogP contribution in [-0.2, 0) is 14.3 Å². The third kappa shape index (κ3) is 5.02. The van der Waals surface area contributed by atoms with Crippen molar-refractivity contribution in [2.45, 2.75) is 52.1 Å². The van der Waals surface area contributed by atoms with Crippen molar-refractivity contribution < 1.29 is 24.2 Å². The molecule has 2 amide bonds. The van der Waals surface area contributed by atoms with Crippen LogP contribution in [0.1, 0.15) is 51.2 Å². The number of hydrogen-bond acceptors (Lipinski definition) is 4. The fourth-order valence-electron chi connectivity index (χ4n) is 4.38. The average molecular weight is 453 g/mol. The van der Waals surface area contributed by atoms with Crippen LogP contribution in [0.5, 0.6) is 0 Å². The molecule has 0 aliphatic heterocycles. The molecule has 1 aliphatic carbocycles. The number of fused-ring (bicyclic) bond motifs is 3. The van der Waals surface area contributed by atoms with Gasteiger partial charge in [0.2, 0.25) is 5.91 Å². The van der Waals surface area contributed by atoms with Crippen molar-refractivity contribution in [1.29, 1.82) is 0 Å². The minimum atomic E-state index is -1.08. The molecule has 7 nitrogen and oxygen atoms in total. The number of aliphatic carboxylic acids is 1. The summed E-state index contributed by atoms with van der Waals surface area (Å²) in [5.74, 6) is -1.64. The van der Waals surface area contributed by atoms with Gasteiger partial charge in [0.25, 0.3) is 0 Å². The number of alkyl carbamates (subject to hydrolysis) is 1. The van der Waals surface area contributed by atoms with Crippen molar-refractivity contribution in [3.05, 3.63) is 59.7 Å². The number of carboxylic acid groups (broad SMARTS) is 1. The summed E-state index contributed by atoms with van der Waals surface area (Å²) >= 11 is 0. The Morgan fingerprint density at radius 1 is 1.03 bits per heavy atom. The molecular weight excluding hydrogens is 420 g/mol. The number of likely N-dealkylation sites (N-methyl/N-ethyl adjacent to an activating group) is 1. The Morgan fingerprint density at radius 3 is 2.00 bits per heavy atom. The highest BCUT2D eigenvalue weighted by atomic mass is 16.5. The van der Waals surface area contributed by atoms with Crippen LogP contribution < -0.4 is 5.32 Å². The Hall–Kier alpha value is -3.35. The second-order valence-corrected chi connectivity index (χ2v) is 9.48. The van der Waals surface area contributed by atoms with Gasteiger partial charge in [-0.25, -0.2) is 9.59 Å². The molecule has 0 fully saturated rings. The molecule has 176 valence electrons. The highest BCUT2D eigenvalue weighted by molar-refractivity contribution is 5.89. The molecule has 0 saturated carbocycles. The van der Waals surface area contributed by atoms with Crippen molar-refractivity contribution in [3.63, 3.8) is 0 Å². The van der Waals surface area contributed by atoms with Crippen LogP contribution in [0.4, 0.5) is 4.79 Å². The van der Waals surface area contributed by atoms with Gasteiger partial charge in [-0.1, -0.05) is 76.2 Å². The van der Waals surface area contributed by atoms with Crippen LogP contribution in [0, 0.1) is 5.41 Å². The van der Waals surface area contributed by atoms with E-state index in [0.717, 1.165) is 22.3 Å². The molecule has 2 N–H and O–H groups in total. The Balaban J connectivity index is 1.73. The summed E-state index contributed by atoms with van der Waals surface area (Å²) < 4.78 is 5.59. The number of rotatable bonds is 7. The number of carbonyl (C=O) groups is 3. The molecule has 2 aromatic carbocycles. The molecule has 2 aromatic rings. The van der Waals surface area contributed by atoms with Gasteiger partial charge in [0.15, 0.2) is 0 Å². The summed E-state index contributed by atoms with van der Waals surface area (Å²) in [6, 6.07) is 14.2. The number of benzene rings is 2. The minimum Gasteiger partial charge on any atom is -0.480 e. The predicted octanol–water partition coefficient (Wildman–Crippen LogP) is 4.26. The van der Waals surface area contributed by atoms with Crippen LogP contribution in [0.2, 0.25) is 0 Å². The molecule has 0 radical (unpaired) electrons. The van der Waals surface area contributed by atoms with E-state index in [1.165, 1.54) is 11.9 Å². The van der Waals surface area contributed by atoms with Gasteiger partial charge in [-0.3, -0.25) is 4.79 Å². The molecule has 1 aliphatic rings. The topological polar surface area (TPSA) is 95.9 Å². The molecular formula is C26H32N2O5. The zero-order chi connectivity index (χ0) is 24.3. The lowest BCUT2D eigenvalue weighted by Gasteiger charge is -2.35. The number of amides is 2. The second-order valence-electron chi connectivity index (χ2n) is 9.48. The molecule has 0 spiro atoms. The van der Waals surface area contributed by atoms with E-state index in [9.17, 15) is 19.5 Å². The summed E-state index contributed by atoms with van der Waals surface area (Å²) in [6.07, 6.45) is -0.443. The molecule has 2 atom stereocenters. The fraction of sp³-hybridized carbons (Fsp3) is 0.423. The molecule has 0 heterocycles. The SMILES string of the molecule is CCC(C(=O)O)N(C)C(=O)[C@H](NC(=O)OCC1c2ccccc2-c2ccccc21)C(C)(C)C. The summed E-state index contributed by atoms with van der Waals surface area (Å²) in [6.45, 7) is 7.28. The van der Waals surface area contributed by atoms with E-state index in [1.807, 2.05) is 57.2 Å². The summed E-state index contributed by atoms with van der Waals surface area (Å²) in [4.78, 5) is 38.6. The van der Waals surface area contributed by atoms with Gasteiger partial charge in [-0.05, 0) is 34.1 Å². The van der Waals surface area contributed by atoms with E-state index in [1.54, 1.807) is 6.92 Å². The first-order chi connectivity index (χ1) is 15.6. The summed E-state index contributed by atoms with van der Waals surface area (Å²) in [5.41, 5.74) is 3.81. The highest BCUT2D eigenvalue weighted by Gasteiger charge is 2.38. The van der Waals surface area contributed by atoms with Crippen LogP contribution in [0.15, 0.2) is 48.5 Å². The molecule has 7 heteroatoms. The van der Waals surface area contributed by atoms with Gasteiger partial charge in [-0.15, -0.1) is 0 Å². The Bertz CT molecular complexity index is 997. The largest absolute Gasteiger partial charge is 0.480 e. The van der Waals surface area contributed by atoms with E-state index >= 15 is 0 Å². The summed E-state index contributed by atoms with van der Waals surface area (Å²) in [7, 11) is 1.45. The fourth-order valence-corrected chi connectivity index (χ4v) is 4.38. The molecule has 0 aromatic heterocycles. The zero-order valence-corrected chi connectivity index (χ0v) is 19.8. The van der Waals surface area contributed by atoms with E-state index < -0.39 is 35.5 Å². The maximum atomic E-state index is 13.1. The maximum Gasteiger partial charge on any atom is 0.407 e. The Morgan fingerprint density at radius 2 is 1.55 bits per heavy atom. The van der Waals surface area contributed by atoms with Gasteiger partial charge < -0.3 is 20.1 Å². The van der Waals surface area contributed by atoms with Crippen LogP contribution in [0.25, 0.3) is 11.1 Å². The van der Waals surface area contributed by atoms with E-state index in [0.29, 0.717) is 0 Å². The van der Waals surface area contributed by atoms with Crippen molar-refractivity contribution in [3.8, 4) is 11.1 Å². The van der Waals surface area contributed by atoms with Crippen molar-refractivity contribution >= 4 is 18.0 Å². The first-order valence-electron chi connectivity index (χ1n) is 11.2. The van der Waals surface area contributed by atoms with Gasteiger partial charge in [0.05, 0.1) is 0 Å². The van der Waals surface area contributed by atoms with Gasteiger partial charge in [0.1, 0.15) is 18.7 Å². The Labute approximate surface area is 194 Å². The molecule has 0 bridgehead atoms. The average Bonchev–Trinajstić information content (AvgIpc) is 3.08. The van der Waals surface area contributed by atoms with Crippen molar-refractivity contribution in [1.82, 2.24) is 10.2 Å². The number of carboxylic acids is 1. The lowest BCUT2D eigenvalue weighted by molar-refractivity contribution is -0.151. The monoisotopic (exact) mass is 452 g/mol. The first-order valence-corrected chi connectivity index (χ1v) is 11.2. The van der Waals surface area contributed by atoms with E-state index in [4.69, 9.17) is 4.74 Å². The van der Waals surface area contributed by atoms with E-state index in [2.05, 4.69) is 17.4 Å². The maximum absolute atomic E-state index is 13.1. The lowest BCUT2D eigenvalue weighted by Crippen LogP contribution is -2.57. The van der Waals surface area contributed by atoms with Gasteiger partial charge >= 0.3 is 12.1 Å². The normalized spacial score (nSPS) is 14.6. The smallest absolute Gasteiger partial charge is 0.407 e. The van der Waals surface area contributed by atoms with Crippen LogP contribution in [0.3, 0.4) is 0 Å². The zero-order valence-electron chi connectivity index (χ0n) is 19.8. The predicted molar refractivity (Wildman–Crippen MR) is 126 cm³/mol. The highest BCUT2D eigenvalue weighted by Crippen LogP contribution is 2.44. The number of carbonyl (C=O) groups excluding carboxylic acids is 2. The third-order valence-corrected chi connectivity index (χ3v) is 6.21. The lowest BCUT2D eigenvalue weighted by atomic mass is 9.85. The van der Waals surface area contributed by atoms with Crippen molar-refractivity contribution in [2.24, 2.45) is 5.41 Å². The first kappa shape index (κ1) is 24.3.